The predicted octanol–water partition coefficient (Wildman–Crippen LogP) is 2.23. The smallest absolute Gasteiger partial charge is 0.240 e. The number of carbonyl (C=O) groups is 1. The van der Waals surface area contributed by atoms with Crippen molar-refractivity contribution in [1.29, 1.82) is 0 Å². The number of nitrogens with two attached hydrogens (primary N) is 1. The molecule has 1 aromatic carbocycles. The quantitative estimate of drug-likeness (QED) is 0.704. The zero-order chi connectivity index (χ0) is 15.2. The molecule has 108 valence electrons. The van der Waals surface area contributed by atoms with Crippen LogP contribution < -0.4 is 11.1 Å². The molecule has 0 radical (unpaired) electrons. The summed E-state index contributed by atoms with van der Waals surface area (Å²) >= 11 is 0. The lowest BCUT2D eigenvalue weighted by Gasteiger charge is -2.04. The number of benzene rings is 1. The van der Waals surface area contributed by atoms with Crippen LogP contribution in [0.3, 0.4) is 0 Å². The second-order valence-corrected chi connectivity index (χ2v) is 4.25. The largest absolute Gasteiger partial charge is 0.388 e. The summed E-state index contributed by atoms with van der Waals surface area (Å²) in [6.07, 6.45) is 2.67. The van der Waals surface area contributed by atoms with E-state index in [4.69, 9.17) is 10.5 Å². The average molecular weight is 283 g/mol. The second-order valence-electron chi connectivity index (χ2n) is 4.25. The lowest BCUT2D eigenvalue weighted by Crippen LogP contribution is -1.91. The molecule has 0 aliphatic carbocycles. The van der Waals surface area contributed by atoms with Crippen molar-refractivity contribution < 1.29 is 4.79 Å². The fraction of sp³-hybridized carbons (Fsp3) is 0.133. The Morgan fingerprint density at radius 2 is 1.76 bits per heavy atom. The van der Waals surface area contributed by atoms with Crippen molar-refractivity contribution >= 4 is 23.6 Å². The van der Waals surface area contributed by atoms with Gasteiger partial charge in [-0.15, -0.1) is 5.10 Å². The summed E-state index contributed by atoms with van der Waals surface area (Å²) in [4.78, 5) is 12.9. The molecule has 2 aromatic heterocycles. The third-order valence-electron chi connectivity index (χ3n) is 2.85. The maximum Gasteiger partial charge on any atom is 0.240 e. The van der Waals surface area contributed by atoms with Crippen molar-refractivity contribution in [3.63, 3.8) is 0 Å². The van der Waals surface area contributed by atoms with Gasteiger partial charge in [-0.2, -0.15) is 4.98 Å². The number of nitrogens with zero attached hydrogens (tertiary/aromatic N) is 3. The van der Waals surface area contributed by atoms with Crippen LogP contribution in [-0.4, -0.2) is 27.9 Å². The van der Waals surface area contributed by atoms with E-state index in [0.29, 0.717) is 0 Å². The van der Waals surface area contributed by atoms with Crippen molar-refractivity contribution in [3.8, 4) is 11.1 Å². The molecule has 0 atom stereocenters. The van der Waals surface area contributed by atoms with Gasteiger partial charge in [-0.3, -0.25) is 0 Å². The molecule has 0 aliphatic rings. The number of anilines is 2. The van der Waals surface area contributed by atoms with E-state index >= 15 is 0 Å². The molecule has 0 unspecified atom stereocenters. The van der Waals surface area contributed by atoms with Gasteiger partial charge in [0.2, 0.25) is 5.95 Å². The van der Waals surface area contributed by atoms with E-state index in [2.05, 4.69) is 27.5 Å². The number of pyridine rings is 1. The normalized spacial score (nSPS) is 9.81. The van der Waals surface area contributed by atoms with E-state index in [-0.39, 0.29) is 5.95 Å². The van der Waals surface area contributed by atoms with Crippen molar-refractivity contribution in [2.24, 2.45) is 0 Å². The molecule has 6 heteroatoms. The van der Waals surface area contributed by atoms with Crippen molar-refractivity contribution in [3.05, 3.63) is 42.6 Å². The predicted molar refractivity (Wildman–Crippen MR) is 84.1 cm³/mol. The van der Waals surface area contributed by atoms with Gasteiger partial charge in [-0.25, -0.2) is 4.52 Å². The molecule has 0 spiro atoms. The average Bonchev–Trinajstić information content (AvgIpc) is 2.87. The molecule has 6 nitrogen and oxygen atoms in total. The van der Waals surface area contributed by atoms with Gasteiger partial charge >= 0.3 is 0 Å². The third-order valence-corrected chi connectivity index (χ3v) is 2.85. The molecule has 3 rings (SSSR count). The van der Waals surface area contributed by atoms with Crippen LogP contribution in [0.2, 0.25) is 0 Å². The topological polar surface area (TPSA) is 85.3 Å². The number of carbonyl (C=O) groups excluding carboxylic acids is 1. The summed E-state index contributed by atoms with van der Waals surface area (Å²) in [5, 5.41) is 7.20. The zero-order valence-corrected chi connectivity index (χ0v) is 11.9. The summed E-state index contributed by atoms with van der Waals surface area (Å²) in [6.45, 7) is 1.44. The molecule has 0 aliphatic heterocycles. The van der Waals surface area contributed by atoms with Crippen LogP contribution in [-0.2, 0) is 4.79 Å². The van der Waals surface area contributed by atoms with E-state index in [1.165, 1.54) is 6.92 Å². The number of fused-ring (bicyclic) bond motifs is 1. The number of rotatable bonds is 2. The van der Waals surface area contributed by atoms with Crippen LogP contribution in [0, 0.1) is 0 Å². The standard InChI is InChI=1S/C13H13N5.C2H4O/c1-15-11-5-2-9(3-6-11)10-4-7-12-16-13(14)17-18(12)8-10;1-2-3/h2-8,15H,1H3,(H2,14,17);2H,1H3. The van der Waals surface area contributed by atoms with Crippen molar-refractivity contribution in [2.75, 3.05) is 18.1 Å². The Morgan fingerprint density at radius 3 is 2.38 bits per heavy atom. The van der Waals surface area contributed by atoms with Crippen LogP contribution in [0.15, 0.2) is 42.6 Å². The fourth-order valence-corrected chi connectivity index (χ4v) is 1.90. The fourth-order valence-electron chi connectivity index (χ4n) is 1.90. The first kappa shape index (κ1) is 14.5. The molecule has 0 bridgehead atoms. The van der Waals surface area contributed by atoms with Crippen LogP contribution in [0.5, 0.6) is 0 Å². The molecule has 3 aromatic rings. The molecule has 0 saturated carbocycles. The zero-order valence-electron chi connectivity index (χ0n) is 11.9. The Labute approximate surface area is 122 Å². The highest BCUT2D eigenvalue weighted by molar-refractivity contribution is 5.66. The Bertz CT molecular complexity index is 733. The Morgan fingerprint density at radius 1 is 1.14 bits per heavy atom. The number of hydrogen-bond donors (Lipinski definition) is 2. The first-order valence-corrected chi connectivity index (χ1v) is 6.48. The first-order valence-electron chi connectivity index (χ1n) is 6.48. The summed E-state index contributed by atoms with van der Waals surface area (Å²) in [7, 11) is 1.90. The van der Waals surface area contributed by atoms with Crippen molar-refractivity contribution in [1.82, 2.24) is 14.6 Å². The minimum Gasteiger partial charge on any atom is -0.388 e. The van der Waals surface area contributed by atoms with Crippen LogP contribution in [0.1, 0.15) is 6.92 Å². The molecule has 3 N–H and O–H groups in total. The lowest BCUT2D eigenvalue weighted by molar-refractivity contribution is -0.106. The summed E-state index contributed by atoms with van der Waals surface area (Å²) < 4.78 is 1.69. The summed E-state index contributed by atoms with van der Waals surface area (Å²) in [5.41, 5.74) is 9.61. The molecular weight excluding hydrogens is 266 g/mol. The number of nitrogen functional groups attached to an aromatic ring is 1. The van der Waals surface area contributed by atoms with Gasteiger partial charge < -0.3 is 15.8 Å². The third kappa shape index (κ3) is 3.36. The van der Waals surface area contributed by atoms with Gasteiger partial charge in [-0.1, -0.05) is 12.1 Å². The SMILES string of the molecule is CC=O.CNc1ccc(-c2ccc3nc(N)nn3c2)cc1. The Hall–Kier alpha value is -2.89. The van der Waals surface area contributed by atoms with Gasteiger partial charge in [0, 0.05) is 24.5 Å². The number of nitrogens with one attached hydrogen (secondary N) is 1. The second kappa shape index (κ2) is 6.51. The van der Waals surface area contributed by atoms with Crippen molar-refractivity contribution in [2.45, 2.75) is 6.92 Å². The van der Waals surface area contributed by atoms with Gasteiger partial charge in [0.1, 0.15) is 6.29 Å². The van der Waals surface area contributed by atoms with Gasteiger partial charge in [0.05, 0.1) is 0 Å². The maximum absolute atomic E-state index is 8.81. The minimum absolute atomic E-state index is 0.290. The molecule has 0 amide bonds. The molecule has 0 saturated heterocycles. The van der Waals surface area contributed by atoms with Crippen LogP contribution in [0.25, 0.3) is 16.8 Å². The highest BCUT2D eigenvalue weighted by Crippen LogP contribution is 2.21. The monoisotopic (exact) mass is 283 g/mol. The van der Waals surface area contributed by atoms with Gasteiger partial charge in [0.25, 0.3) is 0 Å². The number of hydrogen-bond acceptors (Lipinski definition) is 5. The van der Waals surface area contributed by atoms with Crippen LogP contribution in [0.4, 0.5) is 11.6 Å². The number of aromatic nitrogens is 3. The van der Waals surface area contributed by atoms with Gasteiger partial charge in [-0.05, 0) is 36.8 Å². The van der Waals surface area contributed by atoms with Gasteiger partial charge in [0.15, 0.2) is 5.65 Å². The minimum atomic E-state index is 0.290. The van der Waals surface area contributed by atoms with Crippen LogP contribution >= 0.6 is 0 Å². The van der Waals surface area contributed by atoms with E-state index in [1.54, 1.807) is 4.52 Å². The maximum atomic E-state index is 8.81. The van der Waals surface area contributed by atoms with E-state index < -0.39 is 0 Å². The number of aldehydes is 1. The molecule has 0 fully saturated rings. The van der Waals surface area contributed by atoms with E-state index in [9.17, 15) is 0 Å². The molecule has 21 heavy (non-hydrogen) atoms. The Balaban J connectivity index is 0.000000497. The lowest BCUT2D eigenvalue weighted by atomic mass is 10.1. The van der Waals surface area contributed by atoms with E-state index in [1.807, 2.05) is 37.5 Å². The highest BCUT2D eigenvalue weighted by atomic mass is 16.1. The summed E-state index contributed by atoms with van der Waals surface area (Å²) in [5.74, 6) is 0.290. The Kier molecular flexibility index (Phi) is 4.50. The highest BCUT2D eigenvalue weighted by Gasteiger charge is 2.03. The molecule has 2 heterocycles. The molecular formula is C15H17N5O. The first-order chi connectivity index (χ1) is 10.2. The van der Waals surface area contributed by atoms with E-state index in [0.717, 1.165) is 28.7 Å². The summed E-state index contributed by atoms with van der Waals surface area (Å²) in [6, 6.07) is 12.1.